The van der Waals surface area contributed by atoms with Gasteiger partial charge in [0.15, 0.2) is 5.78 Å². The maximum absolute atomic E-state index is 11.8. The molecule has 0 amide bonds. The number of ether oxygens (including phenoxy) is 1. The second-order valence-electron chi connectivity index (χ2n) is 4.94. The molecule has 1 heterocycles. The standard InChI is InChI=1S/C11H15BrO2/c1-11(2)4-9(13)8-3-7(6-12)14-10(8)5-11/h7H,3-6H2,1-2H3. The molecule has 0 spiro atoms. The van der Waals surface area contributed by atoms with Gasteiger partial charge in [-0.05, 0) is 5.41 Å². The summed E-state index contributed by atoms with van der Waals surface area (Å²) in [5.41, 5.74) is 1.03. The zero-order chi connectivity index (χ0) is 10.3. The highest BCUT2D eigenvalue weighted by Gasteiger charge is 2.38. The quantitative estimate of drug-likeness (QED) is 0.677. The summed E-state index contributed by atoms with van der Waals surface area (Å²) in [6, 6.07) is 0. The van der Waals surface area contributed by atoms with Crippen LogP contribution in [0.5, 0.6) is 0 Å². The number of rotatable bonds is 1. The van der Waals surface area contributed by atoms with Gasteiger partial charge in [0.05, 0.1) is 0 Å². The van der Waals surface area contributed by atoms with Crippen molar-refractivity contribution in [2.75, 3.05) is 5.33 Å². The van der Waals surface area contributed by atoms with E-state index in [2.05, 4.69) is 29.8 Å². The molecule has 1 aliphatic carbocycles. The smallest absolute Gasteiger partial charge is 0.162 e. The lowest BCUT2D eigenvalue weighted by atomic mass is 9.76. The summed E-state index contributed by atoms with van der Waals surface area (Å²) < 4.78 is 5.73. The Balaban J connectivity index is 2.21. The molecule has 2 rings (SSSR count). The van der Waals surface area contributed by atoms with E-state index in [1.165, 1.54) is 0 Å². The van der Waals surface area contributed by atoms with Gasteiger partial charge in [0.2, 0.25) is 0 Å². The highest BCUT2D eigenvalue weighted by molar-refractivity contribution is 9.09. The Morgan fingerprint density at radius 2 is 2.21 bits per heavy atom. The van der Waals surface area contributed by atoms with Gasteiger partial charge in [-0.2, -0.15) is 0 Å². The van der Waals surface area contributed by atoms with Crippen LogP contribution in [-0.4, -0.2) is 17.2 Å². The van der Waals surface area contributed by atoms with Crippen molar-refractivity contribution < 1.29 is 9.53 Å². The van der Waals surface area contributed by atoms with Crippen molar-refractivity contribution in [2.45, 2.75) is 39.2 Å². The minimum atomic E-state index is 0.0805. The maximum Gasteiger partial charge on any atom is 0.162 e. The first-order chi connectivity index (χ1) is 6.52. The summed E-state index contributed by atoms with van der Waals surface area (Å²) >= 11 is 3.40. The number of halogens is 1. The zero-order valence-corrected chi connectivity index (χ0v) is 10.2. The van der Waals surface area contributed by atoms with Gasteiger partial charge < -0.3 is 4.74 Å². The number of alkyl halides is 1. The van der Waals surface area contributed by atoms with Crippen LogP contribution in [0, 0.1) is 5.41 Å². The Labute approximate surface area is 92.8 Å². The summed E-state index contributed by atoms with van der Waals surface area (Å²) in [6.07, 6.45) is 2.56. The number of carbonyl (C=O) groups is 1. The van der Waals surface area contributed by atoms with Gasteiger partial charge in [-0.1, -0.05) is 29.8 Å². The van der Waals surface area contributed by atoms with Gasteiger partial charge >= 0.3 is 0 Å². The van der Waals surface area contributed by atoms with Gasteiger partial charge in [-0.15, -0.1) is 0 Å². The van der Waals surface area contributed by atoms with Crippen LogP contribution in [0.3, 0.4) is 0 Å². The lowest BCUT2D eigenvalue weighted by molar-refractivity contribution is -0.118. The Morgan fingerprint density at radius 1 is 1.50 bits per heavy atom. The lowest BCUT2D eigenvalue weighted by Crippen LogP contribution is -2.24. The van der Waals surface area contributed by atoms with Crippen molar-refractivity contribution in [1.29, 1.82) is 0 Å². The van der Waals surface area contributed by atoms with E-state index in [-0.39, 0.29) is 11.5 Å². The molecule has 1 aliphatic heterocycles. The van der Waals surface area contributed by atoms with Crippen molar-refractivity contribution in [2.24, 2.45) is 5.41 Å². The fourth-order valence-corrected chi connectivity index (χ4v) is 2.56. The van der Waals surface area contributed by atoms with Crippen LogP contribution in [-0.2, 0) is 9.53 Å². The number of Topliss-reactive ketones (excluding diaryl/α,β-unsaturated/α-hetero) is 1. The summed E-state index contributed by atoms with van der Waals surface area (Å²) in [7, 11) is 0. The van der Waals surface area contributed by atoms with Crippen molar-refractivity contribution in [3.8, 4) is 0 Å². The van der Waals surface area contributed by atoms with Crippen LogP contribution >= 0.6 is 15.9 Å². The van der Waals surface area contributed by atoms with Crippen LogP contribution in [0.25, 0.3) is 0 Å². The molecule has 3 heteroatoms. The average molecular weight is 259 g/mol. The molecule has 0 saturated carbocycles. The third-order valence-electron chi connectivity index (χ3n) is 2.86. The van der Waals surface area contributed by atoms with E-state index < -0.39 is 0 Å². The molecule has 78 valence electrons. The zero-order valence-electron chi connectivity index (χ0n) is 8.60. The van der Waals surface area contributed by atoms with Crippen LogP contribution in [0.1, 0.15) is 33.1 Å². The molecule has 0 aromatic carbocycles. The Hall–Kier alpha value is -0.310. The summed E-state index contributed by atoms with van der Waals surface area (Å²) in [5.74, 6) is 1.25. The third kappa shape index (κ3) is 1.74. The first kappa shape index (κ1) is 10.2. The average Bonchev–Trinajstić information content (AvgIpc) is 2.45. The fourth-order valence-electron chi connectivity index (χ4n) is 2.20. The lowest BCUT2D eigenvalue weighted by Gasteiger charge is -2.28. The molecule has 0 bridgehead atoms. The number of allylic oxidation sites excluding steroid dienone is 1. The maximum atomic E-state index is 11.8. The molecule has 0 fully saturated rings. The van der Waals surface area contributed by atoms with Crippen molar-refractivity contribution in [3.05, 3.63) is 11.3 Å². The normalized spacial score (nSPS) is 30.2. The SMILES string of the molecule is CC1(C)CC(=O)C2=C(C1)OC(CBr)C2. The van der Waals surface area contributed by atoms with E-state index in [0.717, 1.165) is 29.5 Å². The first-order valence-corrected chi connectivity index (χ1v) is 6.12. The van der Waals surface area contributed by atoms with E-state index >= 15 is 0 Å². The molecule has 1 unspecified atom stereocenters. The molecule has 0 saturated heterocycles. The van der Waals surface area contributed by atoms with Gasteiger partial charge in [-0.25, -0.2) is 0 Å². The first-order valence-electron chi connectivity index (χ1n) is 5.00. The van der Waals surface area contributed by atoms with E-state index in [0.29, 0.717) is 12.2 Å². The predicted octanol–water partition coefficient (Wildman–Crippen LogP) is 2.81. The van der Waals surface area contributed by atoms with Crippen LogP contribution in [0.15, 0.2) is 11.3 Å². The molecular formula is C11H15BrO2. The number of carbonyl (C=O) groups excluding carboxylic acids is 1. The minimum Gasteiger partial charge on any atom is -0.493 e. The molecule has 0 aromatic rings. The molecule has 2 aliphatic rings. The minimum absolute atomic E-state index is 0.0805. The van der Waals surface area contributed by atoms with Crippen LogP contribution in [0.4, 0.5) is 0 Å². The van der Waals surface area contributed by atoms with Gasteiger partial charge in [0.25, 0.3) is 0 Å². The molecular weight excluding hydrogens is 244 g/mol. The number of hydrogen-bond acceptors (Lipinski definition) is 2. The molecule has 1 atom stereocenters. The van der Waals surface area contributed by atoms with Crippen LogP contribution < -0.4 is 0 Å². The molecule has 0 radical (unpaired) electrons. The van der Waals surface area contributed by atoms with Crippen LogP contribution in [0.2, 0.25) is 0 Å². The Kier molecular flexibility index (Phi) is 2.46. The summed E-state index contributed by atoms with van der Waals surface area (Å²) in [4.78, 5) is 11.8. The van der Waals surface area contributed by atoms with Gasteiger partial charge in [-0.3, -0.25) is 4.79 Å². The summed E-state index contributed by atoms with van der Waals surface area (Å²) in [5, 5.41) is 0.813. The second kappa shape index (κ2) is 3.37. The topological polar surface area (TPSA) is 26.3 Å². The molecule has 0 N–H and O–H groups in total. The highest BCUT2D eigenvalue weighted by atomic mass is 79.9. The van der Waals surface area contributed by atoms with E-state index in [1.807, 2.05) is 0 Å². The van der Waals surface area contributed by atoms with Crippen molar-refractivity contribution >= 4 is 21.7 Å². The third-order valence-corrected chi connectivity index (χ3v) is 3.59. The van der Waals surface area contributed by atoms with Gasteiger partial charge in [0.1, 0.15) is 11.9 Å². The molecule has 2 nitrogen and oxygen atoms in total. The van der Waals surface area contributed by atoms with E-state index in [1.54, 1.807) is 0 Å². The molecule has 0 aromatic heterocycles. The Morgan fingerprint density at radius 3 is 2.86 bits per heavy atom. The van der Waals surface area contributed by atoms with E-state index in [4.69, 9.17) is 4.74 Å². The largest absolute Gasteiger partial charge is 0.493 e. The number of ketones is 1. The Bertz CT molecular complexity index is 304. The van der Waals surface area contributed by atoms with Gasteiger partial charge in [0, 0.05) is 30.2 Å². The fraction of sp³-hybridized carbons (Fsp3) is 0.727. The number of hydrogen-bond donors (Lipinski definition) is 0. The summed E-state index contributed by atoms with van der Waals surface area (Å²) in [6.45, 7) is 4.25. The van der Waals surface area contributed by atoms with E-state index in [9.17, 15) is 4.79 Å². The van der Waals surface area contributed by atoms with Crippen molar-refractivity contribution in [3.63, 3.8) is 0 Å². The second-order valence-corrected chi connectivity index (χ2v) is 5.59. The van der Waals surface area contributed by atoms with Crippen molar-refractivity contribution in [1.82, 2.24) is 0 Å². The predicted molar refractivity (Wildman–Crippen MR) is 58.3 cm³/mol. The monoisotopic (exact) mass is 258 g/mol. The molecule has 14 heavy (non-hydrogen) atoms. The highest BCUT2D eigenvalue weighted by Crippen LogP contribution is 2.42.